The normalized spacial score (nSPS) is 13.4. The summed E-state index contributed by atoms with van der Waals surface area (Å²) in [6.07, 6.45) is 1.16. The summed E-state index contributed by atoms with van der Waals surface area (Å²) >= 11 is 6.02. The first-order valence-corrected chi connectivity index (χ1v) is 14.7. The molecule has 0 bridgehead atoms. The smallest absolute Gasteiger partial charge is 0.352 e. The number of hydrogen-bond acceptors (Lipinski definition) is 5. The molecule has 3 N–H and O–H groups in total. The van der Waals surface area contributed by atoms with Crippen molar-refractivity contribution in [3.05, 3.63) is 100 Å². The molecule has 4 aromatic rings. The van der Waals surface area contributed by atoms with E-state index in [4.69, 9.17) is 11.6 Å². The van der Waals surface area contributed by atoms with E-state index < -0.39 is 22.1 Å². The van der Waals surface area contributed by atoms with Gasteiger partial charge in [-0.05, 0) is 72.5 Å². The van der Waals surface area contributed by atoms with Gasteiger partial charge in [0.2, 0.25) is 10.0 Å². The van der Waals surface area contributed by atoms with E-state index in [2.05, 4.69) is 5.32 Å². The quantitative estimate of drug-likeness (QED) is 0.242. The largest absolute Gasteiger partial charge is 0.477 e. The van der Waals surface area contributed by atoms with Crippen LogP contribution in [0.25, 0.3) is 10.9 Å². The van der Waals surface area contributed by atoms with Crippen molar-refractivity contribution in [2.24, 2.45) is 0 Å². The van der Waals surface area contributed by atoms with Crippen molar-refractivity contribution < 1.29 is 23.4 Å². The first-order valence-electron chi connectivity index (χ1n) is 12.5. The zero-order valence-electron chi connectivity index (χ0n) is 22.0. The van der Waals surface area contributed by atoms with Crippen LogP contribution in [0.2, 0.25) is 5.02 Å². The molecule has 0 spiro atoms. The third-order valence-corrected chi connectivity index (χ3v) is 8.20. The van der Waals surface area contributed by atoms with Gasteiger partial charge >= 0.3 is 5.97 Å². The molecule has 1 heterocycles. The molecule has 206 valence electrons. The summed E-state index contributed by atoms with van der Waals surface area (Å²) in [7, 11) is -1.88. The lowest BCUT2D eigenvalue weighted by Gasteiger charge is -2.18. The SMILES string of the molecule is CC(Cc1ccc2c(c1)cc(C(=O)O)n2Cc1ccc(N(C)S(C)(=O)=O)cc1)NCC(O)c1cccc(Cl)c1. The topological polar surface area (TPSA) is 112 Å². The van der Waals surface area contributed by atoms with Crippen LogP contribution in [0.15, 0.2) is 72.8 Å². The Balaban J connectivity index is 1.48. The number of fused-ring (bicyclic) bond motifs is 1. The number of anilines is 1. The van der Waals surface area contributed by atoms with Gasteiger partial charge in [0.15, 0.2) is 0 Å². The summed E-state index contributed by atoms with van der Waals surface area (Å²) in [6, 6.07) is 21.8. The molecule has 39 heavy (non-hydrogen) atoms. The van der Waals surface area contributed by atoms with Crippen LogP contribution in [0.4, 0.5) is 5.69 Å². The van der Waals surface area contributed by atoms with E-state index in [1.165, 1.54) is 11.4 Å². The molecular weight excluding hydrogens is 538 g/mol. The van der Waals surface area contributed by atoms with E-state index in [-0.39, 0.29) is 11.7 Å². The van der Waals surface area contributed by atoms with Gasteiger partial charge in [0, 0.05) is 42.1 Å². The Bertz CT molecular complexity index is 1580. The molecule has 0 aliphatic rings. The van der Waals surface area contributed by atoms with Crippen molar-refractivity contribution in [1.29, 1.82) is 0 Å². The Kier molecular flexibility index (Phi) is 8.66. The van der Waals surface area contributed by atoms with E-state index >= 15 is 0 Å². The van der Waals surface area contributed by atoms with Gasteiger partial charge in [0.05, 0.1) is 18.0 Å². The molecule has 0 radical (unpaired) electrons. The highest BCUT2D eigenvalue weighted by atomic mass is 35.5. The molecule has 8 nitrogen and oxygen atoms in total. The number of aliphatic hydroxyl groups is 1. The molecule has 0 saturated heterocycles. The maximum atomic E-state index is 12.0. The average molecular weight is 570 g/mol. The third kappa shape index (κ3) is 6.99. The fraction of sp³-hybridized carbons (Fsp3) is 0.276. The molecule has 10 heteroatoms. The summed E-state index contributed by atoms with van der Waals surface area (Å²) in [6.45, 7) is 2.74. The maximum absolute atomic E-state index is 12.0. The third-order valence-electron chi connectivity index (χ3n) is 6.76. The number of carboxylic acids is 1. The predicted octanol–water partition coefficient (Wildman–Crippen LogP) is 4.69. The van der Waals surface area contributed by atoms with Crippen LogP contribution >= 0.6 is 11.6 Å². The summed E-state index contributed by atoms with van der Waals surface area (Å²) in [5.41, 5.74) is 4.15. The Morgan fingerprint density at radius 2 is 1.74 bits per heavy atom. The number of benzene rings is 3. The van der Waals surface area contributed by atoms with Gasteiger partial charge in [-0.1, -0.05) is 41.9 Å². The molecule has 1 aromatic heterocycles. The van der Waals surface area contributed by atoms with Crippen LogP contribution in [-0.4, -0.2) is 55.1 Å². The van der Waals surface area contributed by atoms with Crippen LogP contribution in [-0.2, 0) is 23.0 Å². The molecule has 2 atom stereocenters. The first-order chi connectivity index (χ1) is 18.4. The summed E-state index contributed by atoms with van der Waals surface area (Å²) in [5.74, 6) is -1.02. The summed E-state index contributed by atoms with van der Waals surface area (Å²) in [4.78, 5) is 12.0. The lowest BCUT2D eigenvalue weighted by atomic mass is 10.0. The first kappa shape index (κ1) is 28.6. The van der Waals surface area contributed by atoms with Gasteiger partial charge in [-0.15, -0.1) is 0 Å². The van der Waals surface area contributed by atoms with Crippen molar-refractivity contribution in [1.82, 2.24) is 9.88 Å². The van der Waals surface area contributed by atoms with Crippen molar-refractivity contribution in [3.63, 3.8) is 0 Å². The Labute approximate surface area is 233 Å². The number of halogens is 1. The fourth-order valence-electron chi connectivity index (χ4n) is 4.55. The average Bonchev–Trinajstić information content (AvgIpc) is 3.24. The number of hydrogen-bond donors (Lipinski definition) is 3. The number of sulfonamides is 1. The van der Waals surface area contributed by atoms with E-state index in [1.807, 2.05) is 37.3 Å². The number of rotatable bonds is 11. The molecular formula is C29H32ClN3O5S. The maximum Gasteiger partial charge on any atom is 0.352 e. The molecule has 0 aliphatic heterocycles. The molecule has 0 aliphatic carbocycles. The van der Waals surface area contributed by atoms with Gasteiger partial charge in [-0.3, -0.25) is 4.31 Å². The summed E-state index contributed by atoms with van der Waals surface area (Å²) < 4.78 is 26.6. The van der Waals surface area contributed by atoms with E-state index in [0.717, 1.165) is 33.8 Å². The standard InChI is InChI=1S/C29H32ClN3O5S/c1-19(31-17-28(34)22-5-4-6-24(30)15-22)13-21-9-12-26-23(14-21)16-27(29(35)36)33(26)18-20-7-10-25(11-8-20)32(2)39(3,37)38/h4-12,14-16,19,28,31,34H,13,17-18H2,1-3H3,(H,35,36). The summed E-state index contributed by atoms with van der Waals surface area (Å²) in [5, 5.41) is 25.1. The van der Waals surface area contributed by atoms with Crippen molar-refractivity contribution >= 4 is 44.2 Å². The Morgan fingerprint density at radius 1 is 1.05 bits per heavy atom. The Hall–Kier alpha value is -3.37. The fourth-order valence-corrected chi connectivity index (χ4v) is 5.25. The van der Waals surface area contributed by atoms with E-state index in [1.54, 1.807) is 47.0 Å². The monoisotopic (exact) mass is 569 g/mol. The zero-order valence-corrected chi connectivity index (χ0v) is 23.6. The van der Waals surface area contributed by atoms with Gasteiger partial charge in [0.1, 0.15) is 5.69 Å². The molecule has 0 amide bonds. The van der Waals surface area contributed by atoms with Gasteiger partial charge in [-0.2, -0.15) is 0 Å². The van der Waals surface area contributed by atoms with Crippen molar-refractivity contribution in [3.8, 4) is 0 Å². The van der Waals surface area contributed by atoms with Crippen molar-refractivity contribution in [2.45, 2.75) is 32.0 Å². The van der Waals surface area contributed by atoms with E-state index in [9.17, 15) is 23.4 Å². The second-order valence-corrected chi connectivity index (χ2v) is 12.2. The lowest BCUT2D eigenvalue weighted by Crippen LogP contribution is -2.32. The number of nitrogens with zero attached hydrogens (tertiary/aromatic N) is 2. The number of carbonyl (C=O) groups is 1. The molecule has 4 rings (SSSR count). The van der Waals surface area contributed by atoms with Crippen LogP contribution in [0, 0.1) is 0 Å². The Morgan fingerprint density at radius 3 is 2.38 bits per heavy atom. The highest BCUT2D eigenvalue weighted by molar-refractivity contribution is 7.92. The lowest BCUT2D eigenvalue weighted by molar-refractivity contribution is 0.0686. The van der Waals surface area contributed by atoms with Gasteiger partial charge in [-0.25, -0.2) is 13.2 Å². The van der Waals surface area contributed by atoms with Crippen LogP contribution < -0.4 is 9.62 Å². The van der Waals surface area contributed by atoms with Crippen molar-refractivity contribution in [2.75, 3.05) is 24.2 Å². The highest BCUT2D eigenvalue weighted by Gasteiger charge is 2.17. The zero-order chi connectivity index (χ0) is 28.3. The number of aromatic nitrogens is 1. The van der Waals surface area contributed by atoms with Gasteiger partial charge < -0.3 is 20.1 Å². The highest BCUT2D eigenvalue weighted by Crippen LogP contribution is 2.25. The number of aromatic carboxylic acids is 1. The van der Waals surface area contributed by atoms with Crippen LogP contribution in [0.5, 0.6) is 0 Å². The minimum absolute atomic E-state index is 0.0703. The predicted molar refractivity (Wildman–Crippen MR) is 155 cm³/mol. The molecule has 2 unspecified atom stereocenters. The van der Waals surface area contributed by atoms with Gasteiger partial charge in [0.25, 0.3) is 0 Å². The second-order valence-electron chi connectivity index (χ2n) is 9.80. The van der Waals surface area contributed by atoms with Crippen LogP contribution in [0.1, 0.15) is 40.2 Å². The van der Waals surface area contributed by atoms with Crippen LogP contribution in [0.3, 0.4) is 0 Å². The minimum atomic E-state index is -3.37. The second kappa shape index (κ2) is 11.8. The molecule has 0 saturated carbocycles. The number of aliphatic hydroxyl groups excluding tert-OH is 1. The number of nitrogens with one attached hydrogen (secondary N) is 1. The molecule has 0 fully saturated rings. The minimum Gasteiger partial charge on any atom is -0.477 e. The molecule has 3 aromatic carbocycles. The van der Waals surface area contributed by atoms with E-state index in [0.29, 0.717) is 30.2 Å². The number of carboxylic acid groups (broad SMARTS) is 1.